The van der Waals surface area contributed by atoms with Crippen molar-refractivity contribution in [2.75, 3.05) is 23.7 Å². The zero-order valence-electron chi connectivity index (χ0n) is 17.6. The molecular formula is C25H25FN4O2. The second-order valence-electron chi connectivity index (χ2n) is 8.40. The van der Waals surface area contributed by atoms with Crippen LogP contribution in [-0.4, -0.2) is 30.1 Å². The van der Waals surface area contributed by atoms with Crippen LogP contribution >= 0.6 is 0 Å². The van der Waals surface area contributed by atoms with Crippen molar-refractivity contribution < 1.29 is 13.9 Å². The number of ether oxygens (including phenoxy) is 1. The molecule has 1 saturated heterocycles. The Bertz CT molecular complexity index is 1130. The smallest absolute Gasteiger partial charge is 0.270 e. The van der Waals surface area contributed by atoms with E-state index in [0.717, 1.165) is 42.8 Å². The maximum absolute atomic E-state index is 14.1. The molecule has 7 heteroatoms. The van der Waals surface area contributed by atoms with E-state index in [4.69, 9.17) is 10.5 Å². The molecule has 1 aromatic heterocycles. The van der Waals surface area contributed by atoms with Crippen molar-refractivity contribution in [2.24, 2.45) is 0 Å². The topological polar surface area (TPSA) is 80.5 Å². The maximum Gasteiger partial charge on any atom is 0.270 e. The first-order valence-electron chi connectivity index (χ1n) is 10.8. The molecule has 3 aromatic rings. The van der Waals surface area contributed by atoms with Gasteiger partial charge in [-0.15, -0.1) is 0 Å². The van der Waals surface area contributed by atoms with Crippen LogP contribution in [0.5, 0.6) is 5.75 Å². The van der Waals surface area contributed by atoms with Crippen LogP contribution in [0.25, 0.3) is 0 Å². The average molecular weight is 432 g/mol. The number of anilines is 2. The summed E-state index contributed by atoms with van der Waals surface area (Å²) >= 11 is 0. The first kappa shape index (κ1) is 20.5. The van der Waals surface area contributed by atoms with Crippen LogP contribution in [0.15, 0.2) is 66.9 Å². The van der Waals surface area contributed by atoms with Crippen molar-refractivity contribution in [3.05, 3.63) is 83.8 Å². The molecule has 3 heterocycles. The summed E-state index contributed by atoms with van der Waals surface area (Å²) in [6.07, 6.45) is 2.51. The number of carbonyl (C=O) groups excluding carboxylic acids is 1. The van der Waals surface area contributed by atoms with Gasteiger partial charge in [-0.1, -0.05) is 30.3 Å². The van der Waals surface area contributed by atoms with E-state index in [1.807, 2.05) is 18.2 Å². The molecule has 3 N–H and O–H groups in total. The highest BCUT2D eigenvalue weighted by atomic mass is 19.1. The Kier molecular flexibility index (Phi) is 5.27. The zero-order chi connectivity index (χ0) is 22.1. The highest BCUT2D eigenvalue weighted by Crippen LogP contribution is 2.49. The van der Waals surface area contributed by atoms with Gasteiger partial charge in [0.15, 0.2) is 6.10 Å². The quantitative estimate of drug-likeness (QED) is 0.660. The van der Waals surface area contributed by atoms with Crippen LogP contribution in [0.1, 0.15) is 24.0 Å². The Balaban J connectivity index is 1.55. The molecule has 0 unspecified atom stereocenters. The van der Waals surface area contributed by atoms with Crippen molar-refractivity contribution in [1.82, 2.24) is 10.3 Å². The van der Waals surface area contributed by atoms with Gasteiger partial charge >= 0.3 is 0 Å². The number of piperidine rings is 1. The van der Waals surface area contributed by atoms with E-state index in [-0.39, 0.29) is 18.3 Å². The largest absolute Gasteiger partial charge is 0.479 e. The molecule has 2 aromatic carbocycles. The number of nitrogens with zero attached hydrogens (tertiary/aromatic N) is 2. The molecule has 2 aliphatic heterocycles. The van der Waals surface area contributed by atoms with Gasteiger partial charge in [-0.05, 0) is 55.8 Å². The molecule has 0 aliphatic carbocycles. The summed E-state index contributed by atoms with van der Waals surface area (Å²) in [6.45, 7) is 1.87. The summed E-state index contributed by atoms with van der Waals surface area (Å²) in [4.78, 5) is 20.1. The first-order chi connectivity index (χ1) is 15.6. The van der Waals surface area contributed by atoms with Crippen molar-refractivity contribution in [3.63, 3.8) is 0 Å². The number of benzene rings is 2. The molecule has 1 spiro atoms. The summed E-state index contributed by atoms with van der Waals surface area (Å²) in [5.41, 5.74) is 7.99. The fourth-order valence-electron chi connectivity index (χ4n) is 4.82. The van der Waals surface area contributed by atoms with Gasteiger partial charge in [-0.3, -0.25) is 9.69 Å². The molecule has 32 heavy (non-hydrogen) atoms. The normalized spacial score (nSPS) is 18.7. The van der Waals surface area contributed by atoms with Gasteiger partial charge in [-0.2, -0.15) is 0 Å². The van der Waals surface area contributed by atoms with Gasteiger partial charge in [0, 0.05) is 28.9 Å². The van der Waals surface area contributed by atoms with Crippen LogP contribution in [0.4, 0.5) is 15.9 Å². The van der Waals surface area contributed by atoms with Gasteiger partial charge in [0.1, 0.15) is 17.4 Å². The molecule has 5 rings (SSSR count). The van der Waals surface area contributed by atoms with E-state index in [1.54, 1.807) is 35.4 Å². The lowest BCUT2D eigenvalue weighted by molar-refractivity contribution is -0.128. The molecule has 1 fully saturated rings. The van der Waals surface area contributed by atoms with E-state index in [0.29, 0.717) is 11.5 Å². The fraction of sp³-hybridized carbons (Fsp3) is 0.280. The third-order valence-corrected chi connectivity index (χ3v) is 6.46. The standard InChI is InChI=1S/C25H25FN4O2/c26-18-7-5-17(6-8-18)16-30(22-15-19(27)9-12-29-22)24(31)23-25(10-13-28-14-11-25)20-3-1-2-4-21(20)32-23/h1-9,12,15,23,28H,10-11,13-14,16H2,(H2,27,29)/t23-/m0/s1. The molecule has 2 aliphatic rings. The Labute approximate surface area is 186 Å². The lowest BCUT2D eigenvalue weighted by atomic mass is 9.70. The summed E-state index contributed by atoms with van der Waals surface area (Å²) in [5, 5.41) is 3.39. The molecule has 164 valence electrons. The average Bonchev–Trinajstić information content (AvgIpc) is 3.12. The predicted molar refractivity (Wildman–Crippen MR) is 121 cm³/mol. The SMILES string of the molecule is Nc1ccnc(N(Cc2ccc(F)cc2)C(=O)[C@@H]2Oc3ccccc3C23CCNCC3)c1. The van der Waals surface area contributed by atoms with E-state index in [2.05, 4.69) is 16.4 Å². The number of para-hydroxylation sites is 1. The van der Waals surface area contributed by atoms with Gasteiger partial charge in [0.2, 0.25) is 0 Å². The monoisotopic (exact) mass is 432 g/mol. The minimum absolute atomic E-state index is 0.175. The second-order valence-corrected chi connectivity index (χ2v) is 8.40. The van der Waals surface area contributed by atoms with E-state index >= 15 is 0 Å². The van der Waals surface area contributed by atoms with E-state index in [1.165, 1.54) is 12.1 Å². The lowest BCUT2D eigenvalue weighted by Gasteiger charge is -2.39. The molecule has 0 radical (unpaired) electrons. The number of hydrogen-bond donors (Lipinski definition) is 2. The molecule has 1 amide bonds. The summed E-state index contributed by atoms with van der Waals surface area (Å²) in [7, 11) is 0. The van der Waals surface area contributed by atoms with Gasteiger partial charge in [0.05, 0.1) is 6.54 Å². The first-order valence-corrected chi connectivity index (χ1v) is 10.8. The van der Waals surface area contributed by atoms with Crippen molar-refractivity contribution in [2.45, 2.75) is 30.9 Å². The Morgan fingerprint density at radius 1 is 1.16 bits per heavy atom. The number of nitrogen functional groups attached to an aromatic ring is 1. The van der Waals surface area contributed by atoms with E-state index < -0.39 is 11.5 Å². The van der Waals surface area contributed by atoms with Gasteiger partial charge < -0.3 is 15.8 Å². The maximum atomic E-state index is 14.1. The molecule has 0 bridgehead atoms. The number of fused-ring (bicyclic) bond motifs is 2. The Morgan fingerprint density at radius 2 is 1.91 bits per heavy atom. The Hall–Kier alpha value is -3.45. The number of rotatable bonds is 4. The molecule has 1 atom stereocenters. The van der Waals surface area contributed by atoms with Crippen LogP contribution < -0.4 is 20.7 Å². The number of pyridine rings is 1. The number of aromatic nitrogens is 1. The van der Waals surface area contributed by atoms with Crippen LogP contribution in [0.2, 0.25) is 0 Å². The van der Waals surface area contributed by atoms with Crippen molar-refractivity contribution in [1.29, 1.82) is 0 Å². The number of hydrogen-bond acceptors (Lipinski definition) is 5. The van der Waals surface area contributed by atoms with E-state index in [9.17, 15) is 9.18 Å². The van der Waals surface area contributed by atoms with Crippen molar-refractivity contribution in [3.8, 4) is 5.75 Å². The molecular weight excluding hydrogens is 407 g/mol. The minimum atomic E-state index is -0.675. The van der Waals surface area contributed by atoms with Crippen LogP contribution in [-0.2, 0) is 16.8 Å². The number of nitrogens with one attached hydrogen (secondary N) is 1. The number of carbonyl (C=O) groups is 1. The summed E-state index contributed by atoms with van der Waals surface area (Å²) < 4.78 is 19.8. The third-order valence-electron chi connectivity index (χ3n) is 6.46. The van der Waals surface area contributed by atoms with Crippen molar-refractivity contribution >= 4 is 17.4 Å². The zero-order valence-corrected chi connectivity index (χ0v) is 17.6. The second kappa shape index (κ2) is 8.24. The highest BCUT2D eigenvalue weighted by molar-refractivity contribution is 5.98. The molecule has 6 nitrogen and oxygen atoms in total. The van der Waals surface area contributed by atoms with Gasteiger partial charge in [0.25, 0.3) is 5.91 Å². The summed E-state index contributed by atoms with van der Waals surface area (Å²) in [6, 6.07) is 17.4. The molecule has 0 saturated carbocycles. The number of halogens is 1. The number of nitrogens with two attached hydrogens (primary N) is 1. The fourth-order valence-corrected chi connectivity index (χ4v) is 4.82. The highest BCUT2D eigenvalue weighted by Gasteiger charge is 2.53. The van der Waals surface area contributed by atoms with Gasteiger partial charge in [-0.25, -0.2) is 9.37 Å². The number of amides is 1. The predicted octanol–water partition coefficient (Wildman–Crippen LogP) is 3.42. The lowest BCUT2D eigenvalue weighted by Crippen LogP contribution is -2.54. The Morgan fingerprint density at radius 3 is 2.66 bits per heavy atom. The summed E-state index contributed by atoms with van der Waals surface area (Å²) in [5.74, 6) is 0.709. The van der Waals surface area contributed by atoms with Crippen LogP contribution in [0, 0.1) is 5.82 Å². The minimum Gasteiger partial charge on any atom is -0.479 e. The third kappa shape index (κ3) is 3.58. The van der Waals surface area contributed by atoms with Crippen LogP contribution in [0.3, 0.4) is 0 Å².